The highest BCUT2D eigenvalue weighted by Gasteiger charge is 1.98. The maximum atomic E-state index is 10.7. The molecule has 5 heteroatoms. The standard InChI is InChI=1S/C8H14O3.C4H6O2/c1-3-10-7-5-6-8(9)11-4-2;1-3(2)4(5)6/h4H,2-3,5-7H2,1H3;1H2,2H3,(H,5,6). The van der Waals surface area contributed by atoms with Crippen molar-refractivity contribution in [2.45, 2.75) is 26.7 Å². The van der Waals surface area contributed by atoms with Gasteiger partial charge in [0.25, 0.3) is 0 Å². The predicted octanol–water partition coefficient (Wildman–Crippen LogP) is 2.14. The van der Waals surface area contributed by atoms with E-state index in [1.54, 1.807) is 0 Å². The van der Waals surface area contributed by atoms with E-state index in [-0.39, 0.29) is 11.5 Å². The molecule has 0 aliphatic carbocycles. The zero-order valence-electron chi connectivity index (χ0n) is 10.4. The summed E-state index contributed by atoms with van der Waals surface area (Å²) >= 11 is 0. The minimum Gasteiger partial charge on any atom is -0.478 e. The summed E-state index contributed by atoms with van der Waals surface area (Å²) in [6, 6.07) is 0. The van der Waals surface area contributed by atoms with Crippen LogP contribution in [0.2, 0.25) is 0 Å². The molecule has 17 heavy (non-hydrogen) atoms. The van der Waals surface area contributed by atoms with Gasteiger partial charge in [0.1, 0.15) is 0 Å². The molecule has 98 valence electrons. The fourth-order valence-electron chi connectivity index (χ4n) is 0.615. The number of hydrogen-bond acceptors (Lipinski definition) is 4. The number of hydrogen-bond donors (Lipinski definition) is 1. The SMILES string of the molecule is C=C(C)C(=O)O.C=COC(=O)CCCOCC. The van der Waals surface area contributed by atoms with Crippen molar-refractivity contribution in [1.29, 1.82) is 0 Å². The summed E-state index contributed by atoms with van der Waals surface area (Å²) in [4.78, 5) is 20.3. The molecule has 0 aliphatic heterocycles. The topological polar surface area (TPSA) is 72.8 Å². The number of rotatable bonds is 7. The molecule has 0 amide bonds. The second kappa shape index (κ2) is 12.4. The Balaban J connectivity index is 0. The van der Waals surface area contributed by atoms with Crippen molar-refractivity contribution in [1.82, 2.24) is 0 Å². The molecule has 0 fully saturated rings. The normalized spacial score (nSPS) is 8.59. The Labute approximate surface area is 102 Å². The molecule has 5 nitrogen and oxygen atoms in total. The van der Waals surface area contributed by atoms with Gasteiger partial charge in [-0.2, -0.15) is 0 Å². The van der Waals surface area contributed by atoms with Crippen molar-refractivity contribution >= 4 is 11.9 Å². The first-order valence-electron chi connectivity index (χ1n) is 5.22. The van der Waals surface area contributed by atoms with Crippen LogP contribution in [0.4, 0.5) is 0 Å². The zero-order chi connectivity index (χ0) is 13.7. The Morgan fingerprint density at radius 1 is 1.41 bits per heavy atom. The zero-order valence-corrected chi connectivity index (χ0v) is 10.4. The van der Waals surface area contributed by atoms with Crippen LogP contribution >= 0.6 is 0 Å². The van der Waals surface area contributed by atoms with Crippen LogP contribution in [0.3, 0.4) is 0 Å². The maximum Gasteiger partial charge on any atom is 0.330 e. The first-order valence-corrected chi connectivity index (χ1v) is 5.22. The minimum atomic E-state index is -0.935. The molecule has 0 rings (SSSR count). The molecule has 0 unspecified atom stereocenters. The van der Waals surface area contributed by atoms with E-state index >= 15 is 0 Å². The summed E-state index contributed by atoms with van der Waals surface area (Å²) in [5.41, 5.74) is 0.176. The quantitative estimate of drug-likeness (QED) is 0.321. The lowest BCUT2D eigenvalue weighted by Gasteiger charge is -1.99. The molecular weight excluding hydrogens is 224 g/mol. The van der Waals surface area contributed by atoms with E-state index in [1.165, 1.54) is 6.92 Å². The summed E-state index contributed by atoms with van der Waals surface area (Å²) in [6.45, 7) is 11.1. The number of carboxylic acid groups (broad SMARTS) is 1. The lowest BCUT2D eigenvalue weighted by atomic mass is 10.3. The molecule has 0 bridgehead atoms. The van der Waals surface area contributed by atoms with Gasteiger partial charge in [-0.1, -0.05) is 13.2 Å². The molecule has 0 aromatic heterocycles. The largest absolute Gasteiger partial charge is 0.478 e. The Kier molecular flexibility index (Phi) is 13.0. The van der Waals surface area contributed by atoms with E-state index in [2.05, 4.69) is 17.9 Å². The van der Waals surface area contributed by atoms with Crippen molar-refractivity contribution in [2.24, 2.45) is 0 Å². The van der Waals surface area contributed by atoms with E-state index in [4.69, 9.17) is 9.84 Å². The molecule has 0 saturated heterocycles. The average Bonchev–Trinajstić information content (AvgIpc) is 2.25. The van der Waals surface area contributed by atoms with Gasteiger partial charge in [0.15, 0.2) is 0 Å². The minimum absolute atomic E-state index is 0.176. The van der Waals surface area contributed by atoms with Crippen LogP contribution < -0.4 is 0 Å². The summed E-state index contributed by atoms with van der Waals surface area (Å²) in [5.74, 6) is -1.19. The van der Waals surface area contributed by atoms with Gasteiger partial charge in [0.2, 0.25) is 0 Å². The number of carboxylic acids is 1. The third kappa shape index (κ3) is 17.0. The van der Waals surface area contributed by atoms with Crippen LogP contribution in [0.15, 0.2) is 25.0 Å². The van der Waals surface area contributed by atoms with E-state index in [1.807, 2.05) is 6.92 Å². The Morgan fingerprint density at radius 2 is 1.94 bits per heavy atom. The van der Waals surface area contributed by atoms with E-state index in [0.29, 0.717) is 26.1 Å². The van der Waals surface area contributed by atoms with Gasteiger partial charge in [-0.15, -0.1) is 0 Å². The summed E-state index contributed by atoms with van der Waals surface area (Å²) in [6.07, 6.45) is 2.25. The van der Waals surface area contributed by atoms with Crippen LogP contribution in [0.25, 0.3) is 0 Å². The molecule has 0 aliphatic rings. The van der Waals surface area contributed by atoms with Crippen molar-refractivity contribution in [3.63, 3.8) is 0 Å². The third-order valence-corrected chi connectivity index (χ3v) is 1.45. The van der Waals surface area contributed by atoms with Crippen LogP contribution in [0.1, 0.15) is 26.7 Å². The lowest BCUT2D eigenvalue weighted by Crippen LogP contribution is -2.02. The first kappa shape index (κ1) is 17.8. The van der Waals surface area contributed by atoms with Crippen molar-refractivity contribution in [2.75, 3.05) is 13.2 Å². The Hall–Kier alpha value is -1.62. The van der Waals surface area contributed by atoms with Gasteiger partial charge >= 0.3 is 11.9 Å². The number of carbonyl (C=O) groups excluding carboxylic acids is 1. The van der Waals surface area contributed by atoms with Crippen molar-refractivity contribution < 1.29 is 24.2 Å². The van der Waals surface area contributed by atoms with E-state index in [9.17, 15) is 9.59 Å². The molecule has 0 heterocycles. The second-order valence-electron chi connectivity index (χ2n) is 3.04. The maximum absolute atomic E-state index is 10.7. The molecule has 0 aromatic rings. The summed E-state index contributed by atoms with van der Waals surface area (Å²) < 4.78 is 9.52. The Bertz CT molecular complexity index is 246. The number of aliphatic carboxylic acids is 1. The fraction of sp³-hybridized carbons (Fsp3) is 0.500. The highest BCUT2D eigenvalue weighted by atomic mass is 16.5. The summed E-state index contributed by atoms with van der Waals surface area (Å²) in [7, 11) is 0. The lowest BCUT2D eigenvalue weighted by molar-refractivity contribution is -0.138. The van der Waals surface area contributed by atoms with Crippen LogP contribution in [-0.4, -0.2) is 30.3 Å². The van der Waals surface area contributed by atoms with Gasteiger partial charge < -0.3 is 14.6 Å². The van der Waals surface area contributed by atoms with Gasteiger partial charge in [-0.3, -0.25) is 4.79 Å². The predicted molar refractivity (Wildman–Crippen MR) is 64.5 cm³/mol. The highest BCUT2D eigenvalue weighted by Crippen LogP contribution is 1.93. The smallest absolute Gasteiger partial charge is 0.330 e. The first-order chi connectivity index (χ1) is 7.95. The molecule has 0 atom stereocenters. The molecule has 0 aromatic carbocycles. The summed E-state index contributed by atoms with van der Waals surface area (Å²) in [5, 5.41) is 7.89. The van der Waals surface area contributed by atoms with Crippen LogP contribution in [-0.2, 0) is 19.1 Å². The van der Waals surface area contributed by atoms with Gasteiger partial charge in [0, 0.05) is 25.2 Å². The molecule has 0 radical (unpaired) electrons. The number of carbonyl (C=O) groups is 2. The fourth-order valence-corrected chi connectivity index (χ4v) is 0.615. The van der Waals surface area contributed by atoms with Gasteiger partial charge in [-0.05, 0) is 20.3 Å². The van der Waals surface area contributed by atoms with E-state index < -0.39 is 5.97 Å². The van der Waals surface area contributed by atoms with Crippen molar-refractivity contribution in [3.8, 4) is 0 Å². The van der Waals surface area contributed by atoms with Gasteiger partial charge in [-0.25, -0.2) is 4.79 Å². The number of esters is 1. The van der Waals surface area contributed by atoms with Gasteiger partial charge in [0.05, 0.1) is 6.26 Å². The van der Waals surface area contributed by atoms with Crippen molar-refractivity contribution in [3.05, 3.63) is 25.0 Å². The number of ether oxygens (including phenoxy) is 2. The molecule has 1 N–H and O–H groups in total. The Morgan fingerprint density at radius 3 is 2.29 bits per heavy atom. The molecular formula is C12H20O5. The average molecular weight is 244 g/mol. The second-order valence-corrected chi connectivity index (χ2v) is 3.04. The van der Waals surface area contributed by atoms with Crippen LogP contribution in [0.5, 0.6) is 0 Å². The third-order valence-electron chi connectivity index (χ3n) is 1.45. The highest BCUT2D eigenvalue weighted by molar-refractivity contribution is 5.84. The van der Waals surface area contributed by atoms with Crippen LogP contribution in [0, 0.1) is 0 Å². The van der Waals surface area contributed by atoms with E-state index in [0.717, 1.165) is 6.26 Å². The molecule has 0 spiro atoms. The molecule has 0 saturated carbocycles. The monoisotopic (exact) mass is 244 g/mol.